The van der Waals surface area contributed by atoms with E-state index in [4.69, 9.17) is 13.9 Å². The number of nitrogens with one attached hydrogen (secondary N) is 1. The summed E-state index contributed by atoms with van der Waals surface area (Å²) in [4.78, 5) is 18.0. The number of carbonyl (C=O) groups is 1. The topological polar surface area (TPSA) is 73.6 Å². The Morgan fingerprint density at radius 2 is 2.14 bits per heavy atom. The Kier molecular flexibility index (Phi) is 5.56. The number of hydrogen-bond donors (Lipinski definition) is 1. The molecule has 0 unspecified atom stereocenters. The highest BCUT2D eigenvalue weighted by Crippen LogP contribution is 2.30. The van der Waals surface area contributed by atoms with Crippen LogP contribution in [0.25, 0.3) is 11.0 Å². The number of hydrogen-bond acceptors (Lipinski definition) is 6. The number of halogens is 1. The Morgan fingerprint density at radius 1 is 1.34 bits per heavy atom. The molecule has 6 nitrogen and oxygen atoms in total. The fourth-order valence-corrected chi connectivity index (χ4v) is 4.15. The molecule has 1 amide bonds. The van der Waals surface area contributed by atoms with E-state index in [1.807, 2.05) is 6.92 Å². The van der Waals surface area contributed by atoms with E-state index in [9.17, 15) is 9.18 Å². The van der Waals surface area contributed by atoms with Crippen molar-refractivity contribution in [1.82, 2.24) is 10.3 Å². The van der Waals surface area contributed by atoms with Gasteiger partial charge in [0.15, 0.2) is 0 Å². The molecule has 0 spiro atoms. The van der Waals surface area contributed by atoms with E-state index < -0.39 is 5.67 Å². The number of aryl methyl sites for hydroxylation is 2. The molecule has 1 saturated heterocycles. The van der Waals surface area contributed by atoms with E-state index in [1.54, 1.807) is 42.7 Å². The summed E-state index contributed by atoms with van der Waals surface area (Å²) in [5.74, 6) is 0.775. The predicted molar refractivity (Wildman–Crippen MR) is 108 cm³/mol. The smallest absolute Gasteiger partial charge is 0.255 e. The van der Waals surface area contributed by atoms with Crippen LogP contribution < -0.4 is 10.1 Å². The minimum atomic E-state index is -1.43. The Hall–Kier alpha value is -2.45. The fraction of sp³-hybridized carbons (Fsp3) is 0.429. The zero-order valence-corrected chi connectivity index (χ0v) is 17.2. The first-order valence-electron chi connectivity index (χ1n) is 9.56. The highest BCUT2D eigenvalue weighted by molar-refractivity contribution is 7.11. The van der Waals surface area contributed by atoms with E-state index in [1.165, 1.54) is 0 Å². The first-order chi connectivity index (χ1) is 13.9. The summed E-state index contributed by atoms with van der Waals surface area (Å²) in [7, 11) is 0. The standard InChI is InChI=1S/C21H23FN2O4S/c1-13-19(20(25)24-12-21(22)5-7-26-8-6-21)17-9-15(3-4-18(17)28-13)27-11-16-10-23-14(2)29-16/h3-4,9-10H,5-8,11-12H2,1-2H3,(H,24,25). The third-order valence-corrected chi connectivity index (χ3v) is 5.95. The van der Waals surface area contributed by atoms with Gasteiger partial charge in [0.2, 0.25) is 0 Å². The van der Waals surface area contributed by atoms with Gasteiger partial charge in [-0.2, -0.15) is 0 Å². The maximum absolute atomic E-state index is 14.8. The van der Waals surface area contributed by atoms with Gasteiger partial charge in [0, 0.05) is 37.6 Å². The van der Waals surface area contributed by atoms with Crippen LogP contribution >= 0.6 is 11.3 Å². The summed E-state index contributed by atoms with van der Waals surface area (Å²) in [5, 5.41) is 4.37. The molecule has 0 bridgehead atoms. The largest absolute Gasteiger partial charge is 0.488 e. The minimum Gasteiger partial charge on any atom is -0.488 e. The molecule has 3 heterocycles. The number of amides is 1. The number of nitrogens with zero attached hydrogens (tertiary/aromatic N) is 1. The van der Waals surface area contributed by atoms with Gasteiger partial charge in [0.05, 0.1) is 22.0 Å². The molecule has 1 aliphatic heterocycles. The van der Waals surface area contributed by atoms with Crippen molar-refractivity contribution in [3.63, 3.8) is 0 Å². The molecule has 4 rings (SSSR count). The molecule has 0 atom stereocenters. The van der Waals surface area contributed by atoms with Crippen molar-refractivity contribution in [2.75, 3.05) is 19.8 Å². The van der Waals surface area contributed by atoms with E-state index in [0.29, 0.717) is 47.9 Å². The zero-order chi connectivity index (χ0) is 20.4. The van der Waals surface area contributed by atoms with Crippen LogP contribution in [0.2, 0.25) is 0 Å². The number of benzene rings is 1. The maximum atomic E-state index is 14.8. The van der Waals surface area contributed by atoms with E-state index in [2.05, 4.69) is 10.3 Å². The normalized spacial score (nSPS) is 16.1. The molecule has 1 aliphatic rings. The SMILES string of the molecule is Cc1ncc(COc2ccc3oc(C)c(C(=O)NCC4(F)CCOCC4)c3c2)s1. The van der Waals surface area contributed by atoms with Crippen LogP contribution in [0.15, 0.2) is 28.8 Å². The van der Waals surface area contributed by atoms with Crippen LogP contribution in [0.1, 0.15) is 38.8 Å². The molecule has 0 radical (unpaired) electrons. The summed E-state index contributed by atoms with van der Waals surface area (Å²) in [6.45, 7) is 4.79. The number of ether oxygens (including phenoxy) is 2. The van der Waals surface area contributed by atoms with E-state index >= 15 is 0 Å². The summed E-state index contributed by atoms with van der Waals surface area (Å²) in [5.41, 5.74) is -0.424. The predicted octanol–water partition coefficient (Wildman–Crippen LogP) is 4.33. The summed E-state index contributed by atoms with van der Waals surface area (Å²) in [6, 6.07) is 5.37. The quantitative estimate of drug-likeness (QED) is 0.645. The van der Waals surface area contributed by atoms with Crippen LogP contribution in [0, 0.1) is 13.8 Å². The second-order valence-electron chi connectivity index (χ2n) is 7.27. The molecule has 2 aromatic heterocycles. The second-order valence-corrected chi connectivity index (χ2v) is 8.59. The maximum Gasteiger partial charge on any atom is 0.255 e. The first kappa shape index (κ1) is 19.8. The average Bonchev–Trinajstić information content (AvgIpc) is 3.26. The number of aromatic nitrogens is 1. The van der Waals surface area contributed by atoms with Gasteiger partial charge in [-0.3, -0.25) is 4.79 Å². The molecular formula is C21H23FN2O4S. The van der Waals surface area contributed by atoms with Crippen molar-refractivity contribution in [3.05, 3.63) is 45.6 Å². The third-order valence-electron chi connectivity index (χ3n) is 5.07. The summed E-state index contributed by atoms with van der Waals surface area (Å²) < 4.78 is 31.6. The number of rotatable bonds is 6. The highest BCUT2D eigenvalue weighted by Gasteiger charge is 2.33. The Labute approximate surface area is 172 Å². The minimum absolute atomic E-state index is 0.0395. The lowest BCUT2D eigenvalue weighted by Crippen LogP contribution is -2.43. The molecule has 0 aliphatic carbocycles. The van der Waals surface area contributed by atoms with Crippen LogP contribution in [0.4, 0.5) is 4.39 Å². The van der Waals surface area contributed by atoms with Gasteiger partial charge in [-0.15, -0.1) is 11.3 Å². The number of thiazole rings is 1. The van der Waals surface area contributed by atoms with Gasteiger partial charge in [0.1, 0.15) is 29.4 Å². The third kappa shape index (κ3) is 4.43. The molecule has 1 fully saturated rings. The lowest BCUT2D eigenvalue weighted by atomic mass is 9.96. The monoisotopic (exact) mass is 418 g/mol. The molecule has 8 heteroatoms. The number of carbonyl (C=O) groups excluding carboxylic acids is 1. The molecule has 3 aromatic rings. The average molecular weight is 418 g/mol. The van der Waals surface area contributed by atoms with Gasteiger partial charge in [0.25, 0.3) is 5.91 Å². The van der Waals surface area contributed by atoms with Gasteiger partial charge in [-0.05, 0) is 32.0 Å². The number of fused-ring (bicyclic) bond motifs is 1. The number of alkyl halides is 1. The van der Waals surface area contributed by atoms with Gasteiger partial charge < -0.3 is 19.2 Å². The van der Waals surface area contributed by atoms with Gasteiger partial charge >= 0.3 is 0 Å². The van der Waals surface area contributed by atoms with Crippen molar-refractivity contribution in [2.24, 2.45) is 0 Å². The molecular weight excluding hydrogens is 395 g/mol. The Balaban J connectivity index is 1.50. The summed E-state index contributed by atoms with van der Waals surface area (Å²) in [6.07, 6.45) is 2.36. The molecule has 1 aromatic carbocycles. The van der Waals surface area contributed by atoms with Crippen molar-refractivity contribution >= 4 is 28.2 Å². The lowest BCUT2D eigenvalue weighted by molar-refractivity contribution is -0.00738. The lowest BCUT2D eigenvalue weighted by Gasteiger charge is -2.29. The van der Waals surface area contributed by atoms with Crippen molar-refractivity contribution < 1.29 is 23.1 Å². The molecule has 29 heavy (non-hydrogen) atoms. The zero-order valence-electron chi connectivity index (χ0n) is 16.4. The molecule has 1 N–H and O–H groups in total. The van der Waals surface area contributed by atoms with Crippen LogP contribution in [0.3, 0.4) is 0 Å². The van der Waals surface area contributed by atoms with Crippen molar-refractivity contribution in [1.29, 1.82) is 0 Å². The Bertz CT molecular complexity index is 1020. The number of furan rings is 1. The molecule has 0 saturated carbocycles. The summed E-state index contributed by atoms with van der Waals surface area (Å²) >= 11 is 1.58. The van der Waals surface area contributed by atoms with Crippen molar-refractivity contribution in [2.45, 2.75) is 39.0 Å². The molecule has 154 valence electrons. The van der Waals surface area contributed by atoms with Crippen LogP contribution in [-0.4, -0.2) is 36.3 Å². The highest BCUT2D eigenvalue weighted by atomic mass is 32.1. The van der Waals surface area contributed by atoms with E-state index in [-0.39, 0.29) is 25.3 Å². The first-order valence-corrected chi connectivity index (χ1v) is 10.4. The van der Waals surface area contributed by atoms with Gasteiger partial charge in [-0.1, -0.05) is 0 Å². The fourth-order valence-electron chi connectivity index (χ4n) is 3.44. The van der Waals surface area contributed by atoms with Crippen molar-refractivity contribution in [3.8, 4) is 5.75 Å². The van der Waals surface area contributed by atoms with E-state index in [0.717, 1.165) is 9.88 Å². The van der Waals surface area contributed by atoms with Crippen LogP contribution in [-0.2, 0) is 11.3 Å². The van der Waals surface area contributed by atoms with Gasteiger partial charge in [-0.25, -0.2) is 9.37 Å². The Morgan fingerprint density at radius 3 is 2.86 bits per heavy atom. The second kappa shape index (κ2) is 8.12. The van der Waals surface area contributed by atoms with Crippen LogP contribution in [0.5, 0.6) is 5.75 Å².